The number of nitrogens with one attached hydrogen (secondary N) is 1. The van der Waals surface area contributed by atoms with Crippen molar-refractivity contribution in [3.8, 4) is 0 Å². The predicted molar refractivity (Wildman–Crippen MR) is 87.2 cm³/mol. The Balaban J connectivity index is 1.32. The Bertz CT molecular complexity index is 400. The third kappa shape index (κ3) is 4.57. The van der Waals surface area contributed by atoms with Crippen LogP contribution in [-0.2, 0) is 6.54 Å². The Morgan fingerprint density at radius 2 is 1.81 bits per heavy atom. The van der Waals surface area contributed by atoms with Gasteiger partial charge in [-0.1, -0.05) is 44.9 Å². The minimum absolute atomic E-state index is 0.662. The van der Waals surface area contributed by atoms with Crippen LogP contribution in [0.1, 0.15) is 82.4 Å². The molecule has 2 saturated carbocycles. The van der Waals surface area contributed by atoms with Crippen molar-refractivity contribution in [2.75, 3.05) is 6.54 Å². The highest BCUT2D eigenvalue weighted by Gasteiger charge is 2.16. The standard InChI is InChI=1S/C18H31N3/c1-2-10-18(11-3-1)21-14-12-17(20-21)15-19-13-6-9-16-7-4-5-8-16/h12,14,16,18-19H,1-11,13,15H2. The first-order valence-electron chi connectivity index (χ1n) is 9.16. The Morgan fingerprint density at radius 3 is 2.62 bits per heavy atom. The zero-order chi connectivity index (χ0) is 14.3. The molecule has 0 unspecified atom stereocenters. The van der Waals surface area contributed by atoms with Crippen LogP contribution < -0.4 is 5.32 Å². The van der Waals surface area contributed by atoms with E-state index >= 15 is 0 Å². The summed E-state index contributed by atoms with van der Waals surface area (Å²) >= 11 is 0. The minimum Gasteiger partial charge on any atom is -0.311 e. The van der Waals surface area contributed by atoms with E-state index in [0.29, 0.717) is 6.04 Å². The van der Waals surface area contributed by atoms with Gasteiger partial charge in [0.1, 0.15) is 0 Å². The van der Waals surface area contributed by atoms with Gasteiger partial charge >= 0.3 is 0 Å². The van der Waals surface area contributed by atoms with Crippen molar-refractivity contribution in [2.24, 2.45) is 5.92 Å². The maximum atomic E-state index is 4.76. The van der Waals surface area contributed by atoms with Crippen molar-refractivity contribution in [3.05, 3.63) is 18.0 Å². The van der Waals surface area contributed by atoms with Crippen LogP contribution in [0.3, 0.4) is 0 Å². The number of nitrogens with zero attached hydrogens (tertiary/aromatic N) is 2. The highest BCUT2D eigenvalue weighted by Crippen LogP contribution is 2.28. The van der Waals surface area contributed by atoms with Gasteiger partial charge in [-0.3, -0.25) is 4.68 Å². The third-order valence-corrected chi connectivity index (χ3v) is 5.36. The highest BCUT2D eigenvalue weighted by atomic mass is 15.3. The number of hydrogen-bond acceptors (Lipinski definition) is 2. The van der Waals surface area contributed by atoms with Crippen molar-refractivity contribution in [3.63, 3.8) is 0 Å². The second-order valence-electron chi connectivity index (χ2n) is 7.05. The fraction of sp³-hybridized carbons (Fsp3) is 0.833. The van der Waals surface area contributed by atoms with Crippen molar-refractivity contribution in [1.29, 1.82) is 0 Å². The Labute approximate surface area is 129 Å². The molecule has 0 amide bonds. The molecule has 0 aliphatic heterocycles. The molecule has 118 valence electrons. The molecule has 1 heterocycles. The average molecular weight is 289 g/mol. The Morgan fingerprint density at radius 1 is 1.05 bits per heavy atom. The quantitative estimate of drug-likeness (QED) is 0.752. The maximum Gasteiger partial charge on any atom is 0.0762 e. The van der Waals surface area contributed by atoms with Crippen LogP contribution in [0.25, 0.3) is 0 Å². The van der Waals surface area contributed by atoms with Crippen molar-refractivity contribution >= 4 is 0 Å². The first kappa shape index (κ1) is 15.1. The van der Waals surface area contributed by atoms with Crippen LogP contribution in [0.15, 0.2) is 12.3 Å². The van der Waals surface area contributed by atoms with Gasteiger partial charge in [0.15, 0.2) is 0 Å². The van der Waals surface area contributed by atoms with E-state index in [9.17, 15) is 0 Å². The molecule has 0 spiro atoms. The zero-order valence-electron chi connectivity index (χ0n) is 13.4. The SMILES string of the molecule is c1cn(C2CCCCC2)nc1CNCCCC1CCCC1. The van der Waals surface area contributed by atoms with E-state index in [2.05, 4.69) is 22.3 Å². The van der Waals surface area contributed by atoms with Gasteiger partial charge in [0, 0.05) is 12.7 Å². The molecule has 3 heteroatoms. The molecule has 3 nitrogen and oxygen atoms in total. The lowest BCUT2D eigenvalue weighted by molar-refractivity contribution is 0.327. The van der Waals surface area contributed by atoms with Crippen molar-refractivity contribution < 1.29 is 0 Å². The van der Waals surface area contributed by atoms with Crippen LogP contribution in [0.4, 0.5) is 0 Å². The van der Waals surface area contributed by atoms with Gasteiger partial charge in [-0.25, -0.2) is 0 Å². The molecule has 0 saturated heterocycles. The molecule has 1 aromatic rings. The van der Waals surface area contributed by atoms with E-state index in [1.807, 2.05) is 0 Å². The van der Waals surface area contributed by atoms with E-state index < -0.39 is 0 Å². The molecule has 2 fully saturated rings. The van der Waals surface area contributed by atoms with Crippen LogP contribution in [-0.4, -0.2) is 16.3 Å². The van der Waals surface area contributed by atoms with Crippen LogP contribution in [0.5, 0.6) is 0 Å². The Kier molecular flexibility index (Phi) is 5.73. The van der Waals surface area contributed by atoms with Gasteiger partial charge in [-0.2, -0.15) is 5.10 Å². The van der Waals surface area contributed by atoms with Crippen molar-refractivity contribution in [1.82, 2.24) is 15.1 Å². The predicted octanol–water partition coefficient (Wildman–Crippen LogP) is 4.45. The molecule has 0 atom stereocenters. The lowest BCUT2D eigenvalue weighted by atomic mass is 9.96. The molecule has 2 aliphatic carbocycles. The van der Waals surface area contributed by atoms with Crippen LogP contribution in [0.2, 0.25) is 0 Å². The normalized spacial score (nSPS) is 21.1. The summed E-state index contributed by atoms with van der Waals surface area (Å²) in [5.41, 5.74) is 1.21. The van der Waals surface area contributed by atoms with Gasteiger partial charge in [0.05, 0.1) is 11.7 Å². The summed E-state index contributed by atoms with van der Waals surface area (Å²) in [6, 6.07) is 2.85. The summed E-state index contributed by atoms with van der Waals surface area (Å²) in [6.07, 6.45) is 17.6. The molecule has 0 aromatic carbocycles. The summed E-state index contributed by atoms with van der Waals surface area (Å²) < 4.78 is 2.22. The Hall–Kier alpha value is -0.830. The minimum atomic E-state index is 0.662. The smallest absolute Gasteiger partial charge is 0.0762 e. The maximum absolute atomic E-state index is 4.76. The third-order valence-electron chi connectivity index (χ3n) is 5.36. The highest BCUT2D eigenvalue weighted by molar-refractivity contribution is 4.99. The molecular weight excluding hydrogens is 258 g/mol. The molecule has 2 aliphatic rings. The lowest BCUT2D eigenvalue weighted by Crippen LogP contribution is -2.17. The second kappa shape index (κ2) is 7.98. The van der Waals surface area contributed by atoms with E-state index in [4.69, 9.17) is 5.10 Å². The topological polar surface area (TPSA) is 29.9 Å². The largest absolute Gasteiger partial charge is 0.311 e. The first-order chi connectivity index (χ1) is 10.4. The molecule has 1 aromatic heterocycles. The average Bonchev–Trinajstić information content (AvgIpc) is 3.19. The van der Waals surface area contributed by atoms with Crippen LogP contribution >= 0.6 is 0 Å². The molecule has 21 heavy (non-hydrogen) atoms. The van der Waals surface area contributed by atoms with Gasteiger partial charge in [-0.05, 0) is 44.2 Å². The van der Waals surface area contributed by atoms with E-state index in [1.54, 1.807) is 0 Å². The molecular formula is C18H31N3. The van der Waals surface area contributed by atoms with Gasteiger partial charge in [0.2, 0.25) is 0 Å². The monoisotopic (exact) mass is 289 g/mol. The molecule has 0 radical (unpaired) electrons. The van der Waals surface area contributed by atoms with Crippen LogP contribution in [0, 0.1) is 5.92 Å². The van der Waals surface area contributed by atoms with Gasteiger partial charge in [-0.15, -0.1) is 0 Å². The van der Waals surface area contributed by atoms with Crippen molar-refractivity contribution in [2.45, 2.75) is 83.2 Å². The summed E-state index contributed by atoms with van der Waals surface area (Å²) in [7, 11) is 0. The summed E-state index contributed by atoms with van der Waals surface area (Å²) in [6.45, 7) is 2.08. The molecule has 1 N–H and O–H groups in total. The summed E-state index contributed by atoms with van der Waals surface area (Å²) in [5, 5.41) is 8.33. The fourth-order valence-corrected chi connectivity index (χ4v) is 4.05. The summed E-state index contributed by atoms with van der Waals surface area (Å²) in [5.74, 6) is 1.03. The number of aromatic nitrogens is 2. The van der Waals surface area contributed by atoms with E-state index in [0.717, 1.165) is 19.0 Å². The number of rotatable bonds is 7. The fourth-order valence-electron chi connectivity index (χ4n) is 4.05. The van der Waals surface area contributed by atoms with Gasteiger partial charge < -0.3 is 5.32 Å². The molecule has 0 bridgehead atoms. The molecule has 3 rings (SSSR count). The van der Waals surface area contributed by atoms with E-state index in [1.165, 1.54) is 76.3 Å². The van der Waals surface area contributed by atoms with E-state index in [-0.39, 0.29) is 0 Å². The van der Waals surface area contributed by atoms with Gasteiger partial charge in [0.25, 0.3) is 0 Å². The number of hydrogen-bond donors (Lipinski definition) is 1. The second-order valence-corrected chi connectivity index (χ2v) is 7.05. The lowest BCUT2D eigenvalue weighted by Gasteiger charge is -2.21. The summed E-state index contributed by atoms with van der Waals surface area (Å²) in [4.78, 5) is 0. The zero-order valence-corrected chi connectivity index (χ0v) is 13.4. The first-order valence-corrected chi connectivity index (χ1v) is 9.16.